The van der Waals surface area contributed by atoms with E-state index < -0.39 is 0 Å². The minimum Gasteiger partial charge on any atom is -0.494 e. The van der Waals surface area contributed by atoms with Gasteiger partial charge in [-0.05, 0) is 50.6 Å². The van der Waals surface area contributed by atoms with Crippen LogP contribution in [0.2, 0.25) is 0 Å². The topological polar surface area (TPSA) is 34.1 Å². The molecule has 114 valence electrons. The summed E-state index contributed by atoms with van der Waals surface area (Å²) in [6, 6.07) is 8.77. The van der Waals surface area contributed by atoms with Crippen molar-refractivity contribution >= 4 is 11.3 Å². The van der Waals surface area contributed by atoms with Crippen LogP contribution in [0.5, 0.6) is 5.75 Å². The van der Waals surface area contributed by atoms with Gasteiger partial charge in [0, 0.05) is 22.7 Å². The van der Waals surface area contributed by atoms with Crippen molar-refractivity contribution in [2.75, 3.05) is 13.2 Å². The molecule has 0 aliphatic heterocycles. The van der Waals surface area contributed by atoms with Crippen molar-refractivity contribution in [3.8, 4) is 16.3 Å². The van der Waals surface area contributed by atoms with E-state index in [9.17, 15) is 0 Å². The van der Waals surface area contributed by atoms with Gasteiger partial charge in [-0.1, -0.05) is 13.8 Å². The summed E-state index contributed by atoms with van der Waals surface area (Å²) < 4.78 is 5.76. The Morgan fingerprint density at radius 3 is 2.57 bits per heavy atom. The van der Waals surface area contributed by atoms with Crippen molar-refractivity contribution in [3.05, 3.63) is 35.3 Å². The van der Waals surface area contributed by atoms with Gasteiger partial charge in [0.15, 0.2) is 0 Å². The molecule has 0 fully saturated rings. The molecule has 4 heteroatoms. The summed E-state index contributed by atoms with van der Waals surface area (Å²) in [6.07, 6.45) is 2.22. The van der Waals surface area contributed by atoms with E-state index in [1.54, 1.807) is 11.3 Å². The zero-order valence-corrected chi connectivity index (χ0v) is 13.9. The van der Waals surface area contributed by atoms with E-state index in [1.807, 2.05) is 19.1 Å². The third-order valence-corrected chi connectivity index (χ3v) is 4.12. The lowest BCUT2D eigenvalue weighted by molar-refractivity contribution is 0.305. The van der Waals surface area contributed by atoms with Crippen LogP contribution in [0, 0.1) is 6.92 Å². The second-order valence-electron chi connectivity index (χ2n) is 5.48. The van der Waals surface area contributed by atoms with Crippen LogP contribution in [0.3, 0.4) is 0 Å². The molecule has 0 aliphatic carbocycles. The number of nitrogens with zero attached hydrogens (tertiary/aromatic N) is 1. The van der Waals surface area contributed by atoms with Crippen molar-refractivity contribution in [2.24, 2.45) is 0 Å². The summed E-state index contributed by atoms with van der Waals surface area (Å²) in [5, 5.41) is 6.55. The van der Waals surface area contributed by atoms with E-state index in [4.69, 9.17) is 4.74 Å². The molecule has 21 heavy (non-hydrogen) atoms. The second kappa shape index (κ2) is 8.15. The zero-order valence-electron chi connectivity index (χ0n) is 13.1. The molecule has 0 atom stereocenters. The fourth-order valence-electron chi connectivity index (χ4n) is 1.99. The summed E-state index contributed by atoms with van der Waals surface area (Å²) >= 11 is 1.68. The molecule has 0 spiro atoms. The molecule has 0 bridgehead atoms. The number of hydrogen-bond donors (Lipinski definition) is 1. The van der Waals surface area contributed by atoms with Crippen molar-refractivity contribution in [1.82, 2.24) is 10.3 Å². The fourth-order valence-corrected chi connectivity index (χ4v) is 2.79. The maximum Gasteiger partial charge on any atom is 0.123 e. The minimum absolute atomic E-state index is 0.563. The predicted molar refractivity (Wildman–Crippen MR) is 90.2 cm³/mol. The number of nitrogens with one attached hydrogen (secondary N) is 1. The maximum absolute atomic E-state index is 5.76. The van der Waals surface area contributed by atoms with Crippen LogP contribution in [-0.2, 0) is 0 Å². The van der Waals surface area contributed by atoms with Crippen LogP contribution in [-0.4, -0.2) is 24.2 Å². The maximum atomic E-state index is 5.76. The van der Waals surface area contributed by atoms with Crippen LogP contribution >= 0.6 is 11.3 Å². The Hall–Kier alpha value is -1.39. The van der Waals surface area contributed by atoms with E-state index in [1.165, 1.54) is 0 Å². The van der Waals surface area contributed by atoms with E-state index in [2.05, 4.69) is 41.7 Å². The van der Waals surface area contributed by atoms with Gasteiger partial charge in [0.05, 0.1) is 6.61 Å². The summed E-state index contributed by atoms with van der Waals surface area (Å²) in [7, 11) is 0. The van der Waals surface area contributed by atoms with E-state index in [-0.39, 0.29) is 0 Å². The molecule has 0 amide bonds. The number of ether oxygens (including phenoxy) is 1. The highest BCUT2D eigenvalue weighted by Gasteiger charge is 2.02. The lowest BCUT2D eigenvalue weighted by atomic mass is 10.2. The lowest BCUT2D eigenvalue weighted by Gasteiger charge is -2.09. The van der Waals surface area contributed by atoms with Crippen molar-refractivity contribution in [3.63, 3.8) is 0 Å². The molecule has 0 radical (unpaired) electrons. The van der Waals surface area contributed by atoms with Crippen LogP contribution in [0.1, 0.15) is 32.4 Å². The van der Waals surface area contributed by atoms with Gasteiger partial charge < -0.3 is 10.1 Å². The first kappa shape index (κ1) is 16.0. The summed E-state index contributed by atoms with van der Waals surface area (Å²) in [4.78, 5) is 4.49. The van der Waals surface area contributed by atoms with Crippen LogP contribution in [0.25, 0.3) is 10.6 Å². The highest BCUT2D eigenvalue weighted by Crippen LogP contribution is 2.25. The average Bonchev–Trinajstić information content (AvgIpc) is 2.90. The first-order valence-electron chi connectivity index (χ1n) is 7.54. The molecule has 1 aromatic carbocycles. The number of aryl methyl sites for hydroxylation is 1. The monoisotopic (exact) mass is 304 g/mol. The van der Waals surface area contributed by atoms with Gasteiger partial charge in [-0.2, -0.15) is 0 Å². The standard InChI is InChI=1S/C17H24N2OS/c1-13(2)18-10-4-5-11-20-16-8-6-15(7-9-16)17-19-14(3)12-21-17/h6-9,12-13,18H,4-5,10-11H2,1-3H3. The molecule has 1 N–H and O–H groups in total. The SMILES string of the molecule is Cc1csc(-c2ccc(OCCCCNC(C)C)cc2)n1. The summed E-state index contributed by atoms with van der Waals surface area (Å²) in [5.41, 5.74) is 2.23. The van der Waals surface area contributed by atoms with Crippen molar-refractivity contribution in [1.29, 1.82) is 0 Å². The largest absolute Gasteiger partial charge is 0.494 e. The molecular formula is C17H24N2OS. The minimum atomic E-state index is 0.563. The Balaban J connectivity index is 1.73. The smallest absolute Gasteiger partial charge is 0.123 e. The second-order valence-corrected chi connectivity index (χ2v) is 6.34. The highest BCUT2D eigenvalue weighted by atomic mass is 32.1. The Morgan fingerprint density at radius 2 is 1.95 bits per heavy atom. The van der Waals surface area contributed by atoms with Gasteiger partial charge in [0.1, 0.15) is 10.8 Å². The first-order chi connectivity index (χ1) is 10.1. The third kappa shape index (κ3) is 5.48. The van der Waals surface area contributed by atoms with E-state index in [0.717, 1.165) is 48.0 Å². The van der Waals surface area contributed by atoms with E-state index in [0.29, 0.717) is 6.04 Å². The van der Waals surface area contributed by atoms with Crippen LogP contribution < -0.4 is 10.1 Å². The Bertz CT molecular complexity index is 534. The number of rotatable bonds is 8. The third-order valence-electron chi connectivity index (χ3n) is 3.11. The molecule has 0 saturated carbocycles. The Morgan fingerprint density at radius 1 is 1.19 bits per heavy atom. The molecule has 2 rings (SSSR count). The van der Waals surface area contributed by atoms with Crippen LogP contribution in [0.4, 0.5) is 0 Å². The zero-order chi connectivity index (χ0) is 15.1. The highest BCUT2D eigenvalue weighted by molar-refractivity contribution is 7.13. The Kier molecular flexibility index (Phi) is 6.21. The Labute approximate surface area is 131 Å². The van der Waals surface area contributed by atoms with E-state index >= 15 is 0 Å². The number of unbranched alkanes of at least 4 members (excludes halogenated alkanes) is 1. The fraction of sp³-hybridized carbons (Fsp3) is 0.471. The lowest BCUT2D eigenvalue weighted by Crippen LogP contribution is -2.23. The molecule has 0 unspecified atom stereocenters. The molecule has 0 aliphatic rings. The molecule has 1 aromatic heterocycles. The predicted octanol–water partition coefficient (Wildman–Crippen LogP) is 4.28. The van der Waals surface area contributed by atoms with Crippen molar-refractivity contribution < 1.29 is 4.74 Å². The summed E-state index contributed by atoms with van der Waals surface area (Å²) in [6.45, 7) is 8.19. The van der Waals surface area contributed by atoms with Crippen molar-refractivity contribution in [2.45, 2.75) is 39.7 Å². The van der Waals surface area contributed by atoms with Gasteiger partial charge in [-0.15, -0.1) is 11.3 Å². The summed E-state index contributed by atoms with van der Waals surface area (Å²) in [5.74, 6) is 0.934. The first-order valence-corrected chi connectivity index (χ1v) is 8.42. The number of hydrogen-bond acceptors (Lipinski definition) is 4. The van der Waals surface area contributed by atoms with Gasteiger partial charge in [-0.25, -0.2) is 4.98 Å². The molecule has 3 nitrogen and oxygen atoms in total. The number of thiazole rings is 1. The number of benzene rings is 1. The molecular weight excluding hydrogens is 280 g/mol. The molecule has 2 aromatic rings. The van der Waals surface area contributed by atoms with Gasteiger partial charge in [0.2, 0.25) is 0 Å². The molecule has 1 heterocycles. The quantitative estimate of drug-likeness (QED) is 0.739. The molecule has 0 saturated heterocycles. The average molecular weight is 304 g/mol. The number of aromatic nitrogens is 1. The van der Waals surface area contributed by atoms with Gasteiger partial charge >= 0.3 is 0 Å². The normalized spacial score (nSPS) is 11.0. The van der Waals surface area contributed by atoms with Crippen LogP contribution in [0.15, 0.2) is 29.6 Å². The van der Waals surface area contributed by atoms with Gasteiger partial charge in [-0.3, -0.25) is 0 Å². The van der Waals surface area contributed by atoms with Gasteiger partial charge in [0.25, 0.3) is 0 Å².